The maximum Gasteiger partial charge on any atom is 0.229 e. The molecular weight excluding hydrogens is 358 g/mol. The Bertz CT molecular complexity index is 1050. The minimum Gasteiger partial charge on any atom is -0.420 e. The highest BCUT2D eigenvalue weighted by Crippen LogP contribution is 2.34. The van der Waals surface area contributed by atoms with Gasteiger partial charge in [0.15, 0.2) is 10.7 Å². The summed E-state index contributed by atoms with van der Waals surface area (Å²) in [6.07, 6.45) is 1.01. The molecule has 27 heavy (non-hydrogen) atoms. The number of hydrogen-bond acceptors (Lipinski definition) is 7. The van der Waals surface area contributed by atoms with Crippen molar-refractivity contribution in [3.05, 3.63) is 59.7 Å². The number of aromatic nitrogens is 3. The van der Waals surface area contributed by atoms with Gasteiger partial charge < -0.3 is 15.5 Å². The molecule has 0 aliphatic heterocycles. The number of oxazole rings is 1. The number of nitrogens with two attached hydrogens (primary N) is 1. The highest BCUT2D eigenvalue weighted by atomic mass is 32.1. The average Bonchev–Trinajstić information content (AvgIpc) is 3.29. The van der Waals surface area contributed by atoms with Crippen LogP contribution in [0, 0.1) is 6.92 Å². The number of nitrogens with one attached hydrogen (secondary N) is 1. The van der Waals surface area contributed by atoms with Crippen LogP contribution in [0.1, 0.15) is 18.1 Å². The summed E-state index contributed by atoms with van der Waals surface area (Å²) in [6, 6.07) is 16.2. The maximum absolute atomic E-state index is 6.02. The Hall–Kier alpha value is -3.19. The molecule has 0 unspecified atom stereocenters. The van der Waals surface area contributed by atoms with Crippen LogP contribution in [0.5, 0.6) is 0 Å². The lowest BCUT2D eigenvalue weighted by atomic mass is 10.1. The quantitative estimate of drug-likeness (QED) is 0.505. The predicted molar refractivity (Wildman–Crippen MR) is 109 cm³/mol. The van der Waals surface area contributed by atoms with E-state index in [9.17, 15) is 0 Å². The van der Waals surface area contributed by atoms with Gasteiger partial charge in [-0.3, -0.25) is 0 Å². The molecule has 2 aromatic carbocycles. The van der Waals surface area contributed by atoms with Crippen molar-refractivity contribution in [2.75, 3.05) is 11.1 Å². The molecule has 3 N–H and O–H groups in total. The van der Waals surface area contributed by atoms with E-state index in [0.29, 0.717) is 21.7 Å². The van der Waals surface area contributed by atoms with Crippen molar-refractivity contribution in [3.63, 3.8) is 0 Å². The largest absolute Gasteiger partial charge is 0.420 e. The van der Waals surface area contributed by atoms with E-state index in [-0.39, 0.29) is 5.88 Å². The number of hydrogen-bond donors (Lipinski definition) is 2. The Morgan fingerprint density at radius 1 is 1.04 bits per heavy atom. The van der Waals surface area contributed by atoms with Gasteiger partial charge in [-0.15, -0.1) is 10.2 Å². The molecule has 136 valence electrons. The number of nitrogens with zero attached hydrogens (tertiary/aromatic N) is 3. The van der Waals surface area contributed by atoms with Crippen molar-refractivity contribution in [3.8, 4) is 22.2 Å². The fourth-order valence-corrected chi connectivity index (χ4v) is 3.38. The molecule has 0 spiro atoms. The first-order valence-electron chi connectivity index (χ1n) is 8.65. The molecule has 2 heterocycles. The topological polar surface area (TPSA) is 89.9 Å². The van der Waals surface area contributed by atoms with E-state index in [2.05, 4.69) is 39.6 Å². The fraction of sp³-hybridized carbons (Fsp3) is 0.150. The summed E-state index contributed by atoms with van der Waals surface area (Å²) in [7, 11) is 0. The molecule has 0 fully saturated rings. The van der Waals surface area contributed by atoms with Crippen LogP contribution in [-0.2, 0) is 6.42 Å². The van der Waals surface area contributed by atoms with Crippen molar-refractivity contribution >= 4 is 28.0 Å². The fourth-order valence-electron chi connectivity index (χ4n) is 2.62. The van der Waals surface area contributed by atoms with Crippen LogP contribution in [0.3, 0.4) is 0 Å². The molecule has 0 atom stereocenters. The van der Waals surface area contributed by atoms with Gasteiger partial charge in [-0.25, -0.2) is 4.98 Å². The van der Waals surface area contributed by atoms with E-state index in [1.54, 1.807) is 0 Å². The van der Waals surface area contributed by atoms with E-state index in [1.165, 1.54) is 22.5 Å². The summed E-state index contributed by atoms with van der Waals surface area (Å²) >= 11 is 1.38. The van der Waals surface area contributed by atoms with E-state index < -0.39 is 0 Å². The molecule has 0 radical (unpaired) electrons. The summed E-state index contributed by atoms with van der Waals surface area (Å²) in [4.78, 5) is 4.51. The Balaban J connectivity index is 1.56. The van der Waals surface area contributed by atoms with Gasteiger partial charge in [0.25, 0.3) is 0 Å². The van der Waals surface area contributed by atoms with Gasteiger partial charge in [-0.05, 0) is 43.2 Å². The second-order valence-electron chi connectivity index (χ2n) is 6.19. The third kappa shape index (κ3) is 3.68. The van der Waals surface area contributed by atoms with E-state index in [4.69, 9.17) is 10.2 Å². The zero-order chi connectivity index (χ0) is 18.8. The molecule has 2 aromatic heterocycles. The lowest BCUT2D eigenvalue weighted by Crippen LogP contribution is -1.89. The highest BCUT2D eigenvalue weighted by molar-refractivity contribution is 7.18. The van der Waals surface area contributed by atoms with E-state index in [1.807, 2.05) is 43.3 Å². The Morgan fingerprint density at radius 3 is 2.48 bits per heavy atom. The van der Waals surface area contributed by atoms with Crippen LogP contribution in [-0.4, -0.2) is 15.2 Å². The number of nitrogen functional groups attached to an aromatic ring is 1. The van der Waals surface area contributed by atoms with Gasteiger partial charge in [-0.1, -0.05) is 48.1 Å². The summed E-state index contributed by atoms with van der Waals surface area (Å²) in [6.45, 7) is 4.16. The predicted octanol–water partition coefficient (Wildman–Crippen LogP) is 5.06. The van der Waals surface area contributed by atoms with Crippen LogP contribution in [0.15, 0.2) is 52.9 Å². The molecule has 4 rings (SSSR count). The average molecular weight is 377 g/mol. The van der Waals surface area contributed by atoms with Gasteiger partial charge >= 0.3 is 0 Å². The Labute approximate surface area is 161 Å². The smallest absolute Gasteiger partial charge is 0.229 e. The molecule has 0 saturated heterocycles. The Morgan fingerprint density at radius 2 is 1.78 bits per heavy atom. The first kappa shape index (κ1) is 17.2. The van der Waals surface area contributed by atoms with Crippen LogP contribution in [0.25, 0.3) is 22.2 Å². The molecule has 4 aromatic rings. The first-order valence-corrected chi connectivity index (χ1v) is 9.47. The minimum absolute atomic E-state index is 0.237. The second-order valence-corrected chi connectivity index (χ2v) is 7.16. The van der Waals surface area contributed by atoms with Crippen molar-refractivity contribution in [1.82, 2.24) is 15.2 Å². The normalized spacial score (nSPS) is 10.9. The summed E-state index contributed by atoms with van der Waals surface area (Å²) in [5.41, 5.74) is 10.8. The molecule has 0 aliphatic carbocycles. The molecule has 7 heteroatoms. The monoisotopic (exact) mass is 377 g/mol. The standard InChI is InChI=1S/C20H19N5OS/c1-3-13-6-10-15(11-7-13)22-20-25-24-19(27-20)16-17(21)26-18(23-16)14-8-4-12(2)5-9-14/h4-11H,3,21H2,1-2H3,(H,22,25). The van der Waals surface area contributed by atoms with Crippen LogP contribution in [0.4, 0.5) is 16.7 Å². The molecule has 6 nitrogen and oxygen atoms in total. The maximum atomic E-state index is 6.02. The molecule has 0 bridgehead atoms. The van der Waals surface area contributed by atoms with Crippen molar-refractivity contribution in [1.29, 1.82) is 0 Å². The molecular formula is C20H19N5OS. The Kier molecular flexibility index (Phi) is 4.60. The molecule has 0 aliphatic rings. The van der Waals surface area contributed by atoms with E-state index >= 15 is 0 Å². The van der Waals surface area contributed by atoms with Gasteiger partial charge in [-0.2, -0.15) is 0 Å². The number of aryl methyl sites for hydroxylation is 2. The van der Waals surface area contributed by atoms with Crippen LogP contribution < -0.4 is 11.1 Å². The van der Waals surface area contributed by atoms with Crippen molar-refractivity contribution < 1.29 is 4.42 Å². The molecule has 0 saturated carbocycles. The zero-order valence-electron chi connectivity index (χ0n) is 15.1. The summed E-state index contributed by atoms with van der Waals surface area (Å²) in [5, 5.41) is 12.9. The number of rotatable bonds is 5. The van der Waals surface area contributed by atoms with Crippen LogP contribution in [0.2, 0.25) is 0 Å². The number of benzene rings is 2. The lowest BCUT2D eigenvalue weighted by Gasteiger charge is -2.02. The van der Waals surface area contributed by atoms with Crippen molar-refractivity contribution in [2.45, 2.75) is 20.3 Å². The highest BCUT2D eigenvalue weighted by Gasteiger charge is 2.18. The third-order valence-corrected chi connectivity index (χ3v) is 5.04. The first-order chi connectivity index (χ1) is 13.1. The minimum atomic E-state index is 0.237. The van der Waals surface area contributed by atoms with Crippen LogP contribution >= 0.6 is 11.3 Å². The summed E-state index contributed by atoms with van der Waals surface area (Å²) in [5.74, 6) is 0.711. The number of anilines is 3. The van der Waals surface area contributed by atoms with Gasteiger partial charge in [0, 0.05) is 11.3 Å². The van der Waals surface area contributed by atoms with Gasteiger partial charge in [0.1, 0.15) is 0 Å². The lowest BCUT2D eigenvalue weighted by molar-refractivity contribution is 0.594. The van der Waals surface area contributed by atoms with Gasteiger partial charge in [0.2, 0.25) is 16.9 Å². The van der Waals surface area contributed by atoms with Gasteiger partial charge in [0.05, 0.1) is 0 Å². The molecule has 0 amide bonds. The van der Waals surface area contributed by atoms with Crippen molar-refractivity contribution in [2.24, 2.45) is 0 Å². The SMILES string of the molecule is CCc1ccc(Nc2nnc(-c3nc(-c4ccc(C)cc4)oc3N)s2)cc1. The van der Waals surface area contributed by atoms with E-state index in [0.717, 1.165) is 17.7 Å². The second kappa shape index (κ2) is 7.20. The zero-order valence-corrected chi connectivity index (χ0v) is 15.9. The third-order valence-electron chi connectivity index (χ3n) is 4.19. The summed E-state index contributed by atoms with van der Waals surface area (Å²) < 4.78 is 5.63.